The van der Waals surface area contributed by atoms with Gasteiger partial charge in [-0.1, -0.05) is 0 Å². The summed E-state index contributed by atoms with van der Waals surface area (Å²) in [5.41, 5.74) is 2.85. The number of rotatable bonds is 4. The molecule has 0 saturated heterocycles. The van der Waals surface area contributed by atoms with Crippen LogP contribution in [0.2, 0.25) is 0 Å². The van der Waals surface area contributed by atoms with Gasteiger partial charge in [-0.05, 0) is 44.2 Å². The predicted octanol–water partition coefficient (Wildman–Crippen LogP) is 3.59. The van der Waals surface area contributed by atoms with Crippen molar-refractivity contribution >= 4 is 11.6 Å². The van der Waals surface area contributed by atoms with Gasteiger partial charge in [0, 0.05) is 11.3 Å². The Morgan fingerprint density at radius 2 is 1.89 bits per heavy atom. The second-order valence-corrected chi connectivity index (χ2v) is 4.17. The van der Waals surface area contributed by atoms with Crippen molar-refractivity contribution in [2.45, 2.75) is 19.7 Å². The molecule has 0 saturated carbocycles. The fourth-order valence-electron chi connectivity index (χ4n) is 1.73. The van der Waals surface area contributed by atoms with Gasteiger partial charge in [-0.15, -0.1) is 11.6 Å². The molecule has 0 aliphatic rings. The van der Waals surface area contributed by atoms with E-state index in [0.717, 1.165) is 22.7 Å². The van der Waals surface area contributed by atoms with E-state index < -0.39 is 0 Å². The van der Waals surface area contributed by atoms with Crippen LogP contribution in [0.3, 0.4) is 0 Å². The Hall–Kier alpha value is -1.61. The molecule has 0 amide bonds. The van der Waals surface area contributed by atoms with Gasteiger partial charge in [0.25, 0.3) is 0 Å². The number of halogens is 1. The lowest BCUT2D eigenvalue weighted by atomic mass is 10.1. The molecular formula is C14H15ClN2O. The van der Waals surface area contributed by atoms with Crippen molar-refractivity contribution in [2.24, 2.45) is 0 Å². The normalized spacial score (nSPS) is 10.4. The van der Waals surface area contributed by atoms with Gasteiger partial charge in [-0.25, -0.2) is 9.97 Å². The lowest BCUT2D eigenvalue weighted by Crippen LogP contribution is -1.96. The van der Waals surface area contributed by atoms with Gasteiger partial charge >= 0.3 is 0 Å². The summed E-state index contributed by atoms with van der Waals surface area (Å²) in [6.45, 7) is 4.58. The van der Waals surface area contributed by atoms with E-state index in [-0.39, 0.29) is 0 Å². The zero-order valence-corrected chi connectivity index (χ0v) is 11.2. The number of benzene rings is 1. The van der Waals surface area contributed by atoms with Crippen LogP contribution in [-0.4, -0.2) is 16.6 Å². The minimum Gasteiger partial charge on any atom is -0.494 e. The minimum atomic E-state index is 0.325. The number of aryl methyl sites for hydroxylation is 1. The largest absolute Gasteiger partial charge is 0.494 e. The highest BCUT2D eigenvalue weighted by Crippen LogP contribution is 2.21. The van der Waals surface area contributed by atoms with Crippen molar-refractivity contribution in [3.63, 3.8) is 0 Å². The van der Waals surface area contributed by atoms with E-state index in [2.05, 4.69) is 9.97 Å². The van der Waals surface area contributed by atoms with Crippen LogP contribution < -0.4 is 4.74 Å². The summed E-state index contributed by atoms with van der Waals surface area (Å²) in [4.78, 5) is 8.67. The molecule has 0 aliphatic heterocycles. The van der Waals surface area contributed by atoms with E-state index in [1.165, 1.54) is 0 Å². The van der Waals surface area contributed by atoms with Crippen molar-refractivity contribution in [1.82, 2.24) is 9.97 Å². The summed E-state index contributed by atoms with van der Waals surface area (Å²) in [6.07, 6.45) is 0. The molecule has 94 valence electrons. The summed E-state index contributed by atoms with van der Waals surface area (Å²) < 4.78 is 5.41. The third-order valence-electron chi connectivity index (χ3n) is 2.48. The van der Waals surface area contributed by atoms with Gasteiger partial charge in [0.15, 0.2) is 0 Å². The first kappa shape index (κ1) is 12.8. The van der Waals surface area contributed by atoms with Gasteiger partial charge in [0.1, 0.15) is 11.6 Å². The zero-order chi connectivity index (χ0) is 13.0. The summed E-state index contributed by atoms with van der Waals surface area (Å²) in [7, 11) is 0. The Labute approximate surface area is 112 Å². The first-order valence-corrected chi connectivity index (χ1v) is 6.40. The summed E-state index contributed by atoms with van der Waals surface area (Å²) in [6, 6.07) is 9.81. The number of alkyl halides is 1. The predicted molar refractivity (Wildman–Crippen MR) is 72.9 cm³/mol. The molecule has 2 rings (SSSR count). The Bertz CT molecular complexity index is 526. The van der Waals surface area contributed by atoms with Crippen LogP contribution in [0.4, 0.5) is 0 Å². The number of aromatic nitrogens is 2. The fraction of sp³-hybridized carbons (Fsp3) is 0.286. The third kappa shape index (κ3) is 2.99. The van der Waals surface area contributed by atoms with E-state index in [0.29, 0.717) is 18.3 Å². The van der Waals surface area contributed by atoms with E-state index in [4.69, 9.17) is 16.3 Å². The van der Waals surface area contributed by atoms with Gasteiger partial charge in [-0.3, -0.25) is 0 Å². The van der Waals surface area contributed by atoms with Crippen LogP contribution in [0.25, 0.3) is 11.3 Å². The fourth-order valence-corrected chi connectivity index (χ4v) is 1.85. The average molecular weight is 263 g/mol. The number of hydrogen-bond donors (Lipinski definition) is 0. The molecule has 0 bridgehead atoms. The van der Waals surface area contributed by atoms with Crippen molar-refractivity contribution in [3.05, 3.63) is 41.9 Å². The molecule has 1 aromatic carbocycles. The molecule has 3 nitrogen and oxygen atoms in total. The van der Waals surface area contributed by atoms with Crippen LogP contribution in [0, 0.1) is 6.92 Å². The number of nitrogens with zero attached hydrogens (tertiary/aromatic N) is 2. The zero-order valence-electron chi connectivity index (χ0n) is 10.5. The second-order valence-electron chi connectivity index (χ2n) is 3.90. The topological polar surface area (TPSA) is 35.0 Å². The molecule has 1 heterocycles. The van der Waals surface area contributed by atoms with Gasteiger partial charge in [-0.2, -0.15) is 0 Å². The molecule has 18 heavy (non-hydrogen) atoms. The molecule has 0 radical (unpaired) electrons. The summed E-state index contributed by atoms with van der Waals surface area (Å²) >= 11 is 5.78. The van der Waals surface area contributed by atoms with Crippen LogP contribution in [0.15, 0.2) is 30.3 Å². The smallest absolute Gasteiger partial charge is 0.143 e. The number of hydrogen-bond acceptors (Lipinski definition) is 3. The molecule has 2 aromatic rings. The van der Waals surface area contributed by atoms with E-state index in [1.807, 2.05) is 44.2 Å². The maximum Gasteiger partial charge on any atom is 0.143 e. The standard InChI is InChI=1S/C14H15ClN2O/c1-3-18-12-6-4-11(5-7-12)13-8-10(2)16-14(9-15)17-13/h4-8H,3,9H2,1-2H3. The maximum atomic E-state index is 5.78. The molecular weight excluding hydrogens is 248 g/mol. The lowest BCUT2D eigenvalue weighted by Gasteiger charge is -2.06. The van der Waals surface area contributed by atoms with Crippen LogP contribution in [0.5, 0.6) is 5.75 Å². The highest BCUT2D eigenvalue weighted by atomic mass is 35.5. The quantitative estimate of drug-likeness (QED) is 0.790. The van der Waals surface area contributed by atoms with Gasteiger partial charge < -0.3 is 4.74 Å². The molecule has 0 unspecified atom stereocenters. The molecule has 0 spiro atoms. The molecule has 0 fully saturated rings. The highest BCUT2D eigenvalue weighted by molar-refractivity contribution is 6.16. The number of ether oxygens (including phenoxy) is 1. The Balaban J connectivity index is 2.33. The molecule has 1 aromatic heterocycles. The van der Waals surface area contributed by atoms with E-state index in [1.54, 1.807) is 0 Å². The Morgan fingerprint density at radius 1 is 1.17 bits per heavy atom. The van der Waals surface area contributed by atoms with Crippen molar-refractivity contribution < 1.29 is 4.74 Å². The van der Waals surface area contributed by atoms with Gasteiger partial charge in [0.2, 0.25) is 0 Å². The Morgan fingerprint density at radius 3 is 2.50 bits per heavy atom. The molecule has 0 atom stereocenters. The first-order valence-electron chi connectivity index (χ1n) is 5.86. The van der Waals surface area contributed by atoms with E-state index >= 15 is 0 Å². The minimum absolute atomic E-state index is 0.325. The lowest BCUT2D eigenvalue weighted by molar-refractivity contribution is 0.340. The maximum absolute atomic E-state index is 5.78. The molecule has 0 aliphatic carbocycles. The van der Waals surface area contributed by atoms with E-state index in [9.17, 15) is 0 Å². The molecule has 0 N–H and O–H groups in total. The average Bonchev–Trinajstić information content (AvgIpc) is 2.39. The third-order valence-corrected chi connectivity index (χ3v) is 2.72. The van der Waals surface area contributed by atoms with Crippen LogP contribution in [-0.2, 0) is 5.88 Å². The van der Waals surface area contributed by atoms with Crippen LogP contribution >= 0.6 is 11.6 Å². The Kier molecular flexibility index (Phi) is 4.15. The summed E-state index contributed by atoms with van der Waals surface area (Å²) in [5, 5.41) is 0. The van der Waals surface area contributed by atoms with Gasteiger partial charge in [0.05, 0.1) is 18.2 Å². The van der Waals surface area contributed by atoms with Crippen molar-refractivity contribution in [2.75, 3.05) is 6.61 Å². The SMILES string of the molecule is CCOc1ccc(-c2cc(C)nc(CCl)n2)cc1. The second kappa shape index (κ2) is 5.83. The monoisotopic (exact) mass is 262 g/mol. The highest BCUT2D eigenvalue weighted by Gasteiger charge is 2.04. The first-order chi connectivity index (χ1) is 8.72. The summed E-state index contributed by atoms with van der Waals surface area (Å²) in [5.74, 6) is 1.84. The van der Waals surface area contributed by atoms with Crippen molar-refractivity contribution in [1.29, 1.82) is 0 Å². The van der Waals surface area contributed by atoms with Crippen molar-refractivity contribution in [3.8, 4) is 17.0 Å². The molecule has 4 heteroatoms. The van der Waals surface area contributed by atoms with Crippen LogP contribution in [0.1, 0.15) is 18.4 Å².